The van der Waals surface area contributed by atoms with Crippen molar-refractivity contribution >= 4 is 45.6 Å². The number of anilines is 2. The number of carbonyl (C=O) groups excluding carboxylic acids is 1. The van der Waals surface area contributed by atoms with Crippen molar-refractivity contribution in [3.63, 3.8) is 0 Å². The van der Waals surface area contributed by atoms with Gasteiger partial charge in [-0.25, -0.2) is 23.3 Å². The number of fused-ring (bicyclic) bond motifs is 1. The predicted octanol–water partition coefficient (Wildman–Crippen LogP) is 4.31. The molecule has 5 aromatic rings. The molecular weight excluding hydrogens is 549 g/mol. The minimum atomic E-state index is -1.16. The molecule has 2 heterocycles. The van der Waals surface area contributed by atoms with Crippen LogP contribution in [0.5, 0.6) is 0 Å². The standard InChI is InChI=1S/C29H24FN5O5S/c30-18-5-3-17(4-6-18)16-31-20-9-12-23-24(14-20)34-29(40)35(26(23)36)21-10-7-19(8-11-21)32-28(39)33-25(27(37)38)15-22-2-1-13-41-22/h1-14,25,31H,15-16H2,(H,34,40)(H,37,38)(H2,32,33,39). The second-order valence-corrected chi connectivity index (χ2v) is 10.2. The monoisotopic (exact) mass is 573 g/mol. The minimum absolute atomic E-state index is 0.152. The van der Waals surface area contributed by atoms with Gasteiger partial charge in [-0.05, 0) is 71.6 Å². The van der Waals surface area contributed by atoms with Gasteiger partial charge in [0.05, 0.1) is 16.6 Å². The van der Waals surface area contributed by atoms with Gasteiger partial charge in [-0.15, -0.1) is 11.3 Å². The van der Waals surface area contributed by atoms with Crippen LogP contribution in [0.2, 0.25) is 0 Å². The zero-order valence-electron chi connectivity index (χ0n) is 21.4. The first-order valence-corrected chi connectivity index (χ1v) is 13.4. The van der Waals surface area contributed by atoms with E-state index in [1.807, 2.05) is 5.38 Å². The zero-order valence-corrected chi connectivity index (χ0v) is 22.2. The fourth-order valence-electron chi connectivity index (χ4n) is 4.22. The highest BCUT2D eigenvalue weighted by molar-refractivity contribution is 7.09. The smallest absolute Gasteiger partial charge is 0.333 e. The number of hydrogen-bond acceptors (Lipinski definition) is 6. The normalized spacial score (nSPS) is 11.6. The topological polar surface area (TPSA) is 145 Å². The van der Waals surface area contributed by atoms with Crippen LogP contribution in [0.3, 0.4) is 0 Å². The van der Waals surface area contributed by atoms with Crippen LogP contribution in [-0.4, -0.2) is 32.7 Å². The number of urea groups is 1. The van der Waals surface area contributed by atoms with E-state index in [-0.39, 0.29) is 17.9 Å². The van der Waals surface area contributed by atoms with Crippen LogP contribution in [0.4, 0.5) is 20.6 Å². The first-order valence-electron chi connectivity index (χ1n) is 12.5. The van der Waals surface area contributed by atoms with Crippen LogP contribution in [0, 0.1) is 5.82 Å². The Labute approximate surface area is 236 Å². The SMILES string of the molecule is O=C(Nc1ccc(-n2c(=O)[nH]c3cc(NCc4ccc(F)cc4)ccc3c2=O)cc1)NC(Cc1cccs1)C(=O)O. The molecule has 5 rings (SSSR count). The molecule has 3 aromatic carbocycles. The van der Waals surface area contributed by atoms with Crippen molar-refractivity contribution in [2.24, 2.45) is 0 Å². The third-order valence-electron chi connectivity index (χ3n) is 6.28. The molecule has 0 bridgehead atoms. The molecular formula is C29H24FN5O5S. The van der Waals surface area contributed by atoms with Crippen LogP contribution >= 0.6 is 11.3 Å². The van der Waals surface area contributed by atoms with Crippen molar-refractivity contribution in [1.82, 2.24) is 14.9 Å². The molecule has 1 atom stereocenters. The lowest BCUT2D eigenvalue weighted by Gasteiger charge is -2.15. The lowest BCUT2D eigenvalue weighted by Crippen LogP contribution is -2.44. The maximum Gasteiger partial charge on any atom is 0.333 e. The molecule has 12 heteroatoms. The first kappa shape index (κ1) is 27.3. The van der Waals surface area contributed by atoms with Crippen molar-refractivity contribution in [3.8, 4) is 5.69 Å². The Morgan fingerprint density at radius 1 is 0.976 bits per heavy atom. The average molecular weight is 574 g/mol. The molecule has 41 heavy (non-hydrogen) atoms. The number of hydrogen-bond donors (Lipinski definition) is 5. The van der Waals surface area contributed by atoms with E-state index in [0.717, 1.165) is 15.0 Å². The molecule has 0 radical (unpaired) electrons. The molecule has 0 spiro atoms. The van der Waals surface area contributed by atoms with Crippen LogP contribution in [0.25, 0.3) is 16.6 Å². The Bertz CT molecular complexity index is 1820. The number of carboxylic acid groups (broad SMARTS) is 1. The number of nitrogens with zero attached hydrogens (tertiary/aromatic N) is 1. The first-order chi connectivity index (χ1) is 19.8. The van der Waals surface area contributed by atoms with E-state index in [1.165, 1.54) is 47.7 Å². The molecule has 208 valence electrons. The largest absolute Gasteiger partial charge is 0.480 e. The van der Waals surface area contributed by atoms with Gasteiger partial charge in [0.25, 0.3) is 5.56 Å². The molecule has 0 saturated carbocycles. The third-order valence-corrected chi connectivity index (χ3v) is 7.18. The average Bonchev–Trinajstić information content (AvgIpc) is 3.46. The minimum Gasteiger partial charge on any atom is -0.480 e. The Hall–Kier alpha value is -5.23. The Morgan fingerprint density at radius 2 is 1.71 bits per heavy atom. The van der Waals surface area contributed by atoms with E-state index in [4.69, 9.17) is 0 Å². The van der Waals surface area contributed by atoms with Gasteiger partial charge >= 0.3 is 17.7 Å². The number of aliphatic carboxylic acids is 1. The van der Waals surface area contributed by atoms with Crippen molar-refractivity contribution in [3.05, 3.63) is 121 Å². The number of carboxylic acids is 1. The number of aromatic amines is 1. The summed E-state index contributed by atoms with van der Waals surface area (Å²) in [7, 11) is 0. The van der Waals surface area contributed by atoms with Crippen LogP contribution in [-0.2, 0) is 17.8 Å². The fourth-order valence-corrected chi connectivity index (χ4v) is 4.97. The van der Waals surface area contributed by atoms with Gasteiger partial charge in [0, 0.05) is 29.2 Å². The van der Waals surface area contributed by atoms with Gasteiger partial charge in [0.1, 0.15) is 11.9 Å². The molecule has 0 fully saturated rings. The molecule has 1 unspecified atom stereocenters. The van der Waals surface area contributed by atoms with E-state index >= 15 is 0 Å². The summed E-state index contributed by atoms with van der Waals surface area (Å²) in [5.74, 6) is -1.48. The maximum atomic E-state index is 13.2. The van der Waals surface area contributed by atoms with Gasteiger partial charge in [-0.2, -0.15) is 0 Å². The number of nitrogens with one attached hydrogen (secondary N) is 4. The molecule has 0 aliphatic heterocycles. The molecule has 0 saturated heterocycles. The number of H-pyrrole nitrogens is 1. The lowest BCUT2D eigenvalue weighted by molar-refractivity contribution is -0.139. The van der Waals surface area contributed by atoms with Crippen molar-refractivity contribution in [1.29, 1.82) is 0 Å². The van der Waals surface area contributed by atoms with Gasteiger partial charge < -0.3 is 26.0 Å². The molecule has 0 aliphatic rings. The quantitative estimate of drug-likeness (QED) is 0.178. The number of carbonyl (C=O) groups is 2. The summed E-state index contributed by atoms with van der Waals surface area (Å²) in [6, 6.07) is 18.8. The summed E-state index contributed by atoms with van der Waals surface area (Å²) in [5.41, 5.74) is 1.35. The molecule has 10 nitrogen and oxygen atoms in total. The van der Waals surface area contributed by atoms with Crippen LogP contribution in [0.15, 0.2) is 93.8 Å². The van der Waals surface area contributed by atoms with Gasteiger partial charge in [-0.3, -0.25) is 4.79 Å². The lowest BCUT2D eigenvalue weighted by atomic mass is 10.2. The Kier molecular flexibility index (Phi) is 7.92. The summed E-state index contributed by atoms with van der Waals surface area (Å²) in [6.07, 6.45) is 0.152. The summed E-state index contributed by atoms with van der Waals surface area (Å²) in [6.45, 7) is 0.428. The summed E-state index contributed by atoms with van der Waals surface area (Å²) >= 11 is 1.40. The van der Waals surface area contributed by atoms with Crippen LogP contribution in [0.1, 0.15) is 10.4 Å². The highest BCUT2D eigenvalue weighted by atomic mass is 32.1. The second kappa shape index (κ2) is 11.9. The van der Waals surface area contributed by atoms with E-state index in [2.05, 4.69) is 20.9 Å². The third kappa shape index (κ3) is 6.50. The molecule has 2 amide bonds. The van der Waals surface area contributed by atoms with Gasteiger partial charge in [0.15, 0.2) is 0 Å². The van der Waals surface area contributed by atoms with E-state index in [1.54, 1.807) is 42.5 Å². The summed E-state index contributed by atoms with van der Waals surface area (Å²) < 4.78 is 14.1. The molecule has 5 N–H and O–H groups in total. The maximum absolute atomic E-state index is 13.2. The Balaban J connectivity index is 1.28. The molecule has 0 aliphatic carbocycles. The highest BCUT2D eigenvalue weighted by Crippen LogP contribution is 2.17. The van der Waals surface area contributed by atoms with Gasteiger partial charge in [0.2, 0.25) is 0 Å². The van der Waals surface area contributed by atoms with Crippen molar-refractivity contribution < 1.29 is 19.1 Å². The fraction of sp³-hybridized carbons (Fsp3) is 0.103. The summed E-state index contributed by atoms with van der Waals surface area (Å²) in [5, 5.41) is 19.8. The van der Waals surface area contributed by atoms with E-state index < -0.39 is 29.3 Å². The Morgan fingerprint density at radius 3 is 2.39 bits per heavy atom. The number of thiophene rings is 1. The number of benzene rings is 3. The van der Waals surface area contributed by atoms with Crippen LogP contribution < -0.4 is 27.2 Å². The second-order valence-electron chi connectivity index (χ2n) is 9.13. The van der Waals surface area contributed by atoms with Gasteiger partial charge in [-0.1, -0.05) is 18.2 Å². The summed E-state index contributed by atoms with van der Waals surface area (Å²) in [4.78, 5) is 53.6. The number of aromatic nitrogens is 2. The van der Waals surface area contributed by atoms with Crippen molar-refractivity contribution in [2.45, 2.75) is 19.0 Å². The number of halogens is 1. The predicted molar refractivity (Wildman–Crippen MR) is 155 cm³/mol. The highest BCUT2D eigenvalue weighted by Gasteiger charge is 2.21. The zero-order chi connectivity index (χ0) is 28.9. The number of amides is 2. The van der Waals surface area contributed by atoms with E-state index in [9.17, 15) is 28.7 Å². The van der Waals surface area contributed by atoms with Crippen molar-refractivity contribution in [2.75, 3.05) is 10.6 Å². The molecule has 2 aromatic heterocycles. The number of rotatable bonds is 9. The van der Waals surface area contributed by atoms with E-state index in [0.29, 0.717) is 28.8 Å².